The van der Waals surface area contributed by atoms with E-state index in [1.165, 1.54) is 32.4 Å². The number of nitrogens with zero attached hydrogens (tertiary/aromatic N) is 2. The molecule has 0 N–H and O–H groups in total. The lowest BCUT2D eigenvalue weighted by Crippen LogP contribution is -2.51. The molecular formula is C16H28N2. The topological polar surface area (TPSA) is 7.60 Å². The smallest absolute Gasteiger partial charge is 0.245 e. The molecule has 2 aliphatic rings. The summed E-state index contributed by atoms with van der Waals surface area (Å²) in [5, 5.41) is 0. The van der Waals surface area contributed by atoms with Crippen LogP contribution in [0, 0.1) is 17.4 Å². The summed E-state index contributed by atoms with van der Waals surface area (Å²) in [6.07, 6.45) is 6.08. The Morgan fingerprint density at radius 1 is 1.11 bits per heavy atom. The first-order chi connectivity index (χ1) is 8.30. The fourth-order valence-electron chi connectivity index (χ4n) is 3.26. The zero-order chi connectivity index (χ0) is 13.4. The summed E-state index contributed by atoms with van der Waals surface area (Å²) in [6, 6.07) is 0. The molecule has 1 aliphatic carbocycles. The van der Waals surface area contributed by atoms with Gasteiger partial charge in [0.05, 0.1) is 6.54 Å². The summed E-state index contributed by atoms with van der Waals surface area (Å²) >= 11 is 0. The van der Waals surface area contributed by atoms with Crippen LogP contribution in [0.4, 0.5) is 0 Å². The zero-order valence-corrected chi connectivity index (χ0v) is 12.6. The van der Waals surface area contributed by atoms with Gasteiger partial charge in [-0.2, -0.15) is 0 Å². The van der Waals surface area contributed by atoms with Crippen molar-refractivity contribution in [2.24, 2.45) is 10.8 Å². The Hall–Kier alpha value is -0.550. The van der Waals surface area contributed by atoms with Gasteiger partial charge in [0.25, 0.3) is 0 Å². The molecule has 1 saturated carbocycles. The van der Waals surface area contributed by atoms with Crippen molar-refractivity contribution in [3.05, 3.63) is 11.4 Å². The Morgan fingerprint density at radius 3 is 2.00 bits per heavy atom. The van der Waals surface area contributed by atoms with Crippen LogP contribution in [-0.2, 0) is 0 Å². The number of rotatable bonds is 2. The van der Waals surface area contributed by atoms with E-state index in [-0.39, 0.29) is 5.54 Å². The van der Waals surface area contributed by atoms with E-state index in [9.17, 15) is 0 Å². The van der Waals surface area contributed by atoms with E-state index in [2.05, 4.69) is 37.4 Å². The molecule has 2 heteroatoms. The summed E-state index contributed by atoms with van der Waals surface area (Å²) in [4.78, 5) is 6.46. The van der Waals surface area contributed by atoms with Crippen LogP contribution in [0.3, 0.4) is 0 Å². The van der Waals surface area contributed by atoms with Gasteiger partial charge in [-0.25, -0.2) is 6.57 Å². The summed E-state index contributed by atoms with van der Waals surface area (Å²) < 4.78 is 0. The van der Waals surface area contributed by atoms with Crippen molar-refractivity contribution in [2.45, 2.75) is 65.3 Å². The fraction of sp³-hybridized carbons (Fsp3) is 0.938. The van der Waals surface area contributed by atoms with Crippen LogP contribution in [0.15, 0.2) is 0 Å². The Kier molecular flexibility index (Phi) is 3.49. The van der Waals surface area contributed by atoms with Crippen LogP contribution in [0.1, 0.15) is 59.8 Å². The van der Waals surface area contributed by atoms with Gasteiger partial charge in [-0.1, -0.05) is 27.7 Å². The second kappa shape index (κ2) is 4.53. The molecular weight excluding hydrogens is 220 g/mol. The minimum Gasteiger partial charge on any atom is -0.309 e. The molecule has 18 heavy (non-hydrogen) atoms. The minimum absolute atomic E-state index is 0.00449. The highest BCUT2D eigenvalue weighted by Gasteiger charge is 2.47. The highest BCUT2D eigenvalue weighted by molar-refractivity contribution is 5.07. The maximum absolute atomic E-state index is 7.40. The number of likely N-dealkylation sites (tertiary alicyclic amines) is 1. The molecule has 0 spiro atoms. The van der Waals surface area contributed by atoms with Crippen molar-refractivity contribution in [1.82, 2.24) is 4.90 Å². The summed E-state index contributed by atoms with van der Waals surface area (Å²) in [7, 11) is 0. The first kappa shape index (κ1) is 13.9. The average molecular weight is 248 g/mol. The molecule has 0 unspecified atom stereocenters. The fourth-order valence-corrected chi connectivity index (χ4v) is 3.26. The van der Waals surface area contributed by atoms with Crippen LogP contribution in [0.2, 0.25) is 0 Å². The van der Waals surface area contributed by atoms with E-state index < -0.39 is 0 Å². The maximum Gasteiger partial charge on any atom is 0.245 e. The Balaban J connectivity index is 1.90. The van der Waals surface area contributed by atoms with E-state index in [0.29, 0.717) is 10.8 Å². The Labute approximate surface area is 113 Å². The van der Waals surface area contributed by atoms with Gasteiger partial charge in [0.2, 0.25) is 5.54 Å². The third kappa shape index (κ3) is 2.43. The van der Waals surface area contributed by atoms with Crippen molar-refractivity contribution in [3.8, 4) is 0 Å². The largest absolute Gasteiger partial charge is 0.309 e. The summed E-state index contributed by atoms with van der Waals surface area (Å²) in [5.41, 5.74) is 0.858. The predicted molar refractivity (Wildman–Crippen MR) is 76.4 cm³/mol. The Bertz CT molecular complexity index is 333. The van der Waals surface area contributed by atoms with Gasteiger partial charge in [-0.15, -0.1) is 0 Å². The van der Waals surface area contributed by atoms with E-state index in [1.54, 1.807) is 0 Å². The van der Waals surface area contributed by atoms with E-state index in [0.717, 1.165) is 19.4 Å². The predicted octanol–water partition coefficient (Wildman–Crippen LogP) is 3.98. The lowest BCUT2D eigenvalue weighted by molar-refractivity contribution is 0.0127. The van der Waals surface area contributed by atoms with Crippen molar-refractivity contribution < 1.29 is 0 Å². The minimum atomic E-state index is -0.00449. The van der Waals surface area contributed by atoms with Gasteiger partial charge in [0.1, 0.15) is 0 Å². The molecule has 0 aromatic rings. The standard InChI is InChI=1S/C16H28N2/c1-14(2,3)15(4)9-11-18(12-10-15)13-16(17-5)7-6-8-16/h6-13H2,1-4H3. The first-order valence-corrected chi connectivity index (χ1v) is 7.41. The van der Waals surface area contributed by atoms with Gasteiger partial charge >= 0.3 is 0 Å². The molecule has 0 bridgehead atoms. The highest BCUT2D eigenvalue weighted by Crippen LogP contribution is 2.47. The van der Waals surface area contributed by atoms with E-state index >= 15 is 0 Å². The summed E-state index contributed by atoms with van der Waals surface area (Å²) in [5.74, 6) is 0. The Morgan fingerprint density at radius 2 is 1.67 bits per heavy atom. The van der Waals surface area contributed by atoms with E-state index in [4.69, 9.17) is 6.57 Å². The van der Waals surface area contributed by atoms with Crippen LogP contribution < -0.4 is 0 Å². The van der Waals surface area contributed by atoms with Crippen molar-refractivity contribution in [2.75, 3.05) is 19.6 Å². The maximum atomic E-state index is 7.40. The number of piperidine rings is 1. The SMILES string of the molecule is [C-]#[N+]C1(CN2CCC(C)(C(C)(C)C)CC2)CCC1. The van der Waals surface area contributed by atoms with Crippen LogP contribution in [-0.4, -0.2) is 30.1 Å². The highest BCUT2D eigenvalue weighted by atomic mass is 15.2. The molecule has 1 heterocycles. The van der Waals surface area contributed by atoms with Crippen LogP contribution in [0.5, 0.6) is 0 Å². The lowest BCUT2D eigenvalue weighted by atomic mass is 9.62. The van der Waals surface area contributed by atoms with Crippen LogP contribution in [0.25, 0.3) is 4.85 Å². The third-order valence-electron chi connectivity index (χ3n) is 5.81. The molecule has 1 aliphatic heterocycles. The molecule has 2 fully saturated rings. The lowest BCUT2D eigenvalue weighted by Gasteiger charge is -2.49. The zero-order valence-electron chi connectivity index (χ0n) is 12.6. The van der Waals surface area contributed by atoms with E-state index in [1.807, 2.05) is 0 Å². The second-order valence-corrected chi connectivity index (χ2v) is 7.78. The molecule has 0 radical (unpaired) electrons. The molecule has 0 atom stereocenters. The normalized spacial score (nSPS) is 27.3. The first-order valence-electron chi connectivity index (χ1n) is 7.41. The molecule has 102 valence electrons. The van der Waals surface area contributed by atoms with Crippen molar-refractivity contribution in [1.29, 1.82) is 0 Å². The number of hydrogen-bond acceptors (Lipinski definition) is 1. The van der Waals surface area contributed by atoms with Crippen molar-refractivity contribution in [3.63, 3.8) is 0 Å². The monoisotopic (exact) mass is 248 g/mol. The molecule has 1 saturated heterocycles. The molecule has 0 aromatic carbocycles. The average Bonchev–Trinajstić information content (AvgIpc) is 2.25. The quantitative estimate of drug-likeness (QED) is 0.671. The van der Waals surface area contributed by atoms with Gasteiger partial charge in [0.15, 0.2) is 0 Å². The molecule has 2 nitrogen and oxygen atoms in total. The summed E-state index contributed by atoms with van der Waals surface area (Å²) in [6.45, 7) is 20.4. The van der Waals surface area contributed by atoms with Gasteiger partial charge in [-0.3, -0.25) is 4.90 Å². The third-order valence-corrected chi connectivity index (χ3v) is 5.81. The number of hydrogen-bond donors (Lipinski definition) is 0. The molecule has 0 aromatic heterocycles. The molecule has 0 amide bonds. The van der Waals surface area contributed by atoms with Gasteiger partial charge < -0.3 is 4.85 Å². The van der Waals surface area contributed by atoms with Gasteiger partial charge in [-0.05, 0) is 43.2 Å². The second-order valence-electron chi connectivity index (χ2n) is 7.78. The molecule has 2 rings (SSSR count). The van der Waals surface area contributed by atoms with Crippen LogP contribution >= 0.6 is 0 Å². The van der Waals surface area contributed by atoms with Gasteiger partial charge in [0, 0.05) is 12.8 Å². The van der Waals surface area contributed by atoms with Crippen molar-refractivity contribution >= 4 is 0 Å².